The maximum absolute atomic E-state index is 2.53. The normalized spacial score (nSPS) is 43.9. The van der Waals surface area contributed by atoms with Crippen molar-refractivity contribution >= 4 is 21.5 Å². The van der Waals surface area contributed by atoms with E-state index in [1.807, 2.05) is 0 Å². The summed E-state index contributed by atoms with van der Waals surface area (Å²) >= 11 is 0. The van der Waals surface area contributed by atoms with Crippen LogP contribution in [0.2, 0.25) is 0 Å². The van der Waals surface area contributed by atoms with Crippen LogP contribution >= 0.6 is 0 Å². The first-order chi connectivity index (χ1) is 16.8. The molecule has 174 valence electrons. The Morgan fingerprint density at radius 2 is 0.618 bits per heavy atom. The standard InChI is InChI=1S/C34H38/c1-2-6-28-27(5-1)33(31-23-11-19-9-20(13-23)14-24(31)12-19)29-7-3-4-8-30(29)34(28)32-25-15-21-10-22(17-25)18-26(32)16-21/h1-8,19-26,31-32H,9-18H2. The van der Waals surface area contributed by atoms with Gasteiger partial charge in [-0.2, -0.15) is 0 Å². The Hall–Kier alpha value is -1.82. The average molecular weight is 447 g/mol. The Balaban J connectivity index is 1.30. The van der Waals surface area contributed by atoms with Gasteiger partial charge >= 0.3 is 0 Å². The smallest absolute Gasteiger partial charge is 0.00925 e. The molecule has 0 atom stereocenters. The molecule has 8 saturated carbocycles. The van der Waals surface area contributed by atoms with E-state index in [1.54, 1.807) is 45.5 Å². The molecule has 3 aromatic carbocycles. The molecule has 0 heterocycles. The van der Waals surface area contributed by atoms with Gasteiger partial charge in [-0.1, -0.05) is 48.5 Å². The molecule has 0 amide bonds. The number of hydrogen-bond acceptors (Lipinski definition) is 0. The van der Waals surface area contributed by atoms with Crippen molar-refractivity contribution < 1.29 is 0 Å². The predicted octanol–water partition coefficient (Wildman–Crippen LogP) is 9.07. The van der Waals surface area contributed by atoms with Crippen molar-refractivity contribution in [3.05, 3.63) is 59.7 Å². The number of rotatable bonds is 2. The predicted molar refractivity (Wildman–Crippen MR) is 141 cm³/mol. The zero-order chi connectivity index (χ0) is 22.0. The third-order valence-corrected chi connectivity index (χ3v) is 12.1. The molecule has 0 nitrogen and oxygen atoms in total. The Bertz CT molecular complexity index is 1080. The van der Waals surface area contributed by atoms with E-state index in [-0.39, 0.29) is 0 Å². The molecule has 0 saturated heterocycles. The first-order valence-corrected chi connectivity index (χ1v) is 14.7. The van der Waals surface area contributed by atoms with Crippen LogP contribution in [0, 0.1) is 47.3 Å². The topological polar surface area (TPSA) is 0 Å². The molecule has 8 fully saturated rings. The molecule has 8 bridgehead atoms. The summed E-state index contributed by atoms with van der Waals surface area (Å²) in [7, 11) is 0. The van der Waals surface area contributed by atoms with Gasteiger partial charge in [0.05, 0.1) is 0 Å². The second-order valence-electron chi connectivity index (χ2n) is 13.8. The molecule has 0 aliphatic heterocycles. The summed E-state index contributed by atoms with van der Waals surface area (Å²) in [5, 5.41) is 6.56. The van der Waals surface area contributed by atoms with E-state index in [0.717, 1.165) is 59.2 Å². The van der Waals surface area contributed by atoms with E-state index in [1.165, 1.54) is 51.4 Å². The SMILES string of the molecule is c1ccc2c(C3C4CC5CC(C4)CC3C5)c3ccccc3c(C3C4CC5CC(C4)CC3C5)c2c1. The minimum absolute atomic E-state index is 0.801. The van der Waals surface area contributed by atoms with Gasteiger partial charge in [0.1, 0.15) is 0 Å². The summed E-state index contributed by atoms with van der Waals surface area (Å²) in [4.78, 5) is 0. The van der Waals surface area contributed by atoms with Crippen LogP contribution in [0.15, 0.2) is 48.5 Å². The fourth-order valence-electron chi connectivity index (χ4n) is 11.7. The average Bonchev–Trinajstić information content (AvgIpc) is 2.83. The van der Waals surface area contributed by atoms with Crippen LogP contribution in [0.3, 0.4) is 0 Å². The quantitative estimate of drug-likeness (QED) is 0.344. The Morgan fingerprint density at radius 1 is 0.353 bits per heavy atom. The first kappa shape index (κ1) is 19.4. The van der Waals surface area contributed by atoms with Crippen LogP contribution in [0.1, 0.15) is 87.2 Å². The third kappa shape index (κ3) is 2.56. The first-order valence-electron chi connectivity index (χ1n) is 14.7. The lowest BCUT2D eigenvalue weighted by molar-refractivity contribution is -0.00257. The second kappa shape index (κ2) is 6.89. The molecule has 0 spiro atoms. The molecular formula is C34H38. The molecule has 0 N–H and O–H groups in total. The second-order valence-corrected chi connectivity index (χ2v) is 13.8. The van der Waals surface area contributed by atoms with Crippen LogP contribution in [0.25, 0.3) is 21.5 Å². The highest BCUT2D eigenvalue weighted by atomic mass is 14.6. The molecule has 3 aromatic rings. The van der Waals surface area contributed by atoms with E-state index >= 15 is 0 Å². The zero-order valence-electron chi connectivity index (χ0n) is 20.5. The molecule has 0 radical (unpaired) electrons. The van der Waals surface area contributed by atoms with Crippen molar-refractivity contribution in [2.75, 3.05) is 0 Å². The van der Waals surface area contributed by atoms with Gasteiger partial charge in [-0.15, -0.1) is 0 Å². The number of benzene rings is 3. The van der Waals surface area contributed by atoms with E-state index in [0.29, 0.717) is 0 Å². The Kier molecular flexibility index (Phi) is 3.93. The van der Waals surface area contributed by atoms with Crippen molar-refractivity contribution in [2.24, 2.45) is 47.3 Å². The van der Waals surface area contributed by atoms with Crippen molar-refractivity contribution in [2.45, 2.75) is 76.0 Å². The van der Waals surface area contributed by atoms with E-state index < -0.39 is 0 Å². The van der Waals surface area contributed by atoms with Crippen LogP contribution in [-0.4, -0.2) is 0 Å². The van der Waals surface area contributed by atoms with Gasteiger partial charge in [0, 0.05) is 0 Å². The fraction of sp³-hybridized carbons (Fsp3) is 0.588. The number of fused-ring (bicyclic) bond motifs is 2. The van der Waals surface area contributed by atoms with Crippen molar-refractivity contribution in [3.63, 3.8) is 0 Å². The largest absolute Gasteiger partial charge is 0.0616 e. The molecule has 8 aliphatic rings. The maximum atomic E-state index is 2.53. The van der Waals surface area contributed by atoms with Crippen LogP contribution < -0.4 is 0 Å². The van der Waals surface area contributed by atoms with Crippen LogP contribution in [0.5, 0.6) is 0 Å². The highest BCUT2D eigenvalue weighted by Crippen LogP contribution is 2.64. The minimum Gasteiger partial charge on any atom is -0.0616 e. The summed E-state index contributed by atoms with van der Waals surface area (Å²) in [5.41, 5.74) is 3.54. The van der Waals surface area contributed by atoms with Crippen molar-refractivity contribution in [3.8, 4) is 0 Å². The van der Waals surface area contributed by atoms with Gasteiger partial charge < -0.3 is 0 Å². The lowest BCUT2D eigenvalue weighted by atomic mass is 9.49. The third-order valence-electron chi connectivity index (χ3n) is 12.1. The van der Waals surface area contributed by atoms with Crippen LogP contribution in [0.4, 0.5) is 0 Å². The van der Waals surface area contributed by atoms with Gasteiger partial charge in [0.15, 0.2) is 0 Å². The summed E-state index contributed by atoms with van der Waals surface area (Å²) in [6.45, 7) is 0. The number of hydrogen-bond donors (Lipinski definition) is 0. The Labute approximate surface area is 204 Å². The van der Waals surface area contributed by atoms with Gasteiger partial charge in [-0.3, -0.25) is 0 Å². The lowest BCUT2D eigenvalue weighted by Gasteiger charge is -2.56. The van der Waals surface area contributed by atoms with Gasteiger partial charge in [-0.25, -0.2) is 0 Å². The molecule has 0 aromatic heterocycles. The summed E-state index contributed by atoms with van der Waals surface area (Å²) < 4.78 is 0. The summed E-state index contributed by atoms with van der Waals surface area (Å²) in [6, 6.07) is 19.5. The maximum Gasteiger partial charge on any atom is -0.00925 e. The van der Waals surface area contributed by atoms with Gasteiger partial charge in [0.2, 0.25) is 0 Å². The minimum atomic E-state index is 0.801. The Morgan fingerprint density at radius 3 is 0.882 bits per heavy atom. The van der Waals surface area contributed by atoms with E-state index in [9.17, 15) is 0 Å². The molecule has 11 rings (SSSR count). The molecule has 0 heteroatoms. The van der Waals surface area contributed by atoms with Crippen molar-refractivity contribution in [1.82, 2.24) is 0 Å². The molecule has 0 unspecified atom stereocenters. The van der Waals surface area contributed by atoms with Crippen LogP contribution in [-0.2, 0) is 0 Å². The van der Waals surface area contributed by atoms with E-state index in [2.05, 4.69) is 48.5 Å². The van der Waals surface area contributed by atoms with Crippen molar-refractivity contribution in [1.29, 1.82) is 0 Å². The zero-order valence-corrected chi connectivity index (χ0v) is 20.5. The molecule has 8 aliphatic carbocycles. The van der Waals surface area contributed by atoms with Gasteiger partial charge in [0.25, 0.3) is 0 Å². The van der Waals surface area contributed by atoms with Gasteiger partial charge in [-0.05, 0) is 156 Å². The summed E-state index contributed by atoms with van der Waals surface area (Å²) in [6.07, 6.45) is 15.2. The summed E-state index contributed by atoms with van der Waals surface area (Å²) in [5.74, 6) is 9.54. The monoisotopic (exact) mass is 446 g/mol. The lowest BCUT2D eigenvalue weighted by Crippen LogP contribution is -2.44. The molecule has 34 heavy (non-hydrogen) atoms. The fourth-order valence-corrected chi connectivity index (χ4v) is 11.7. The highest BCUT2D eigenvalue weighted by molar-refractivity contribution is 6.07. The van der Waals surface area contributed by atoms with E-state index in [4.69, 9.17) is 0 Å². The highest BCUT2D eigenvalue weighted by Gasteiger charge is 2.51. The molecular weight excluding hydrogens is 408 g/mol.